The van der Waals surface area contributed by atoms with Gasteiger partial charge in [-0.2, -0.15) is 0 Å². The zero-order valence-electron chi connectivity index (χ0n) is 17.0. The third-order valence-corrected chi connectivity index (χ3v) is 6.80. The van der Waals surface area contributed by atoms with Gasteiger partial charge in [-0.25, -0.2) is 9.18 Å². The lowest BCUT2D eigenvalue weighted by Gasteiger charge is -2.27. The Bertz CT molecular complexity index is 1030. The summed E-state index contributed by atoms with van der Waals surface area (Å²) < 4.78 is 24.2. The van der Waals surface area contributed by atoms with E-state index >= 15 is 0 Å². The number of carboxylic acids is 1. The molecule has 3 heterocycles. The van der Waals surface area contributed by atoms with Crippen molar-refractivity contribution in [2.75, 3.05) is 11.9 Å². The van der Waals surface area contributed by atoms with E-state index in [1.165, 1.54) is 23.5 Å². The molecule has 1 aromatic heterocycles. The monoisotopic (exact) mass is 446 g/mol. The molecule has 0 spiro atoms. The minimum absolute atomic E-state index is 0.136. The van der Waals surface area contributed by atoms with Crippen LogP contribution in [0.25, 0.3) is 11.1 Å². The topological polar surface area (TPSA) is 105 Å². The first-order valence-corrected chi connectivity index (χ1v) is 10.9. The predicted molar refractivity (Wildman–Crippen MR) is 109 cm³/mol. The SMILES string of the molecule is CCOC(=O)c1c(NC(=O)[C@H]2[C@@H](C(=O)[O-])[C@H]3CC[C@@H]2O3)sc(C)c1-c1ccc(F)cc1. The van der Waals surface area contributed by atoms with Crippen molar-refractivity contribution in [1.29, 1.82) is 0 Å². The molecule has 0 saturated carbocycles. The standard InChI is InChI=1S/C22H22FNO6S/c1-3-29-22(28)18-15(11-4-6-12(23)7-5-11)10(2)31-20(18)24-19(25)16-13-8-9-14(30-13)17(16)21(26)27/h4-7,13-14,16-17H,3,8-9H2,1-2H3,(H,24,25)(H,26,27)/p-1/t13-,14+,16+,17-/m0/s1. The number of carbonyl (C=O) groups is 3. The van der Waals surface area contributed by atoms with Gasteiger partial charge in [0.1, 0.15) is 16.4 Å². The second-order valence-electron chi connectivity index (χ2n) is 7.61. The molecule has 4 rings (SSSR count). The van der Waals surface area contributed by atoms with Crippen molar-refractivity contribution < 1.29 is 33.4 Å². The molecular weight excluding hydrogens is 425 g/mol. The van der Waals surface area contributed by atoms with Crippen molar-refractivity contribution >= 4 is 34.2 Å². The van der Waals surface area contributed by atoms with Gasteiger partial charge in [-0.05, 0) is 44.4 Å². The van der Waals surface area contributed by atoms with Crippen molar-refractivity contribution in [3.05, 3.63) is 40.5 Å². The van der Waals surface area contributed by atoms with Gasteiger partial charge in [-0.3, -0.25) is 4.79 Å². The maximum atomic E-state index is 13.4. The van der Waals surface area contributed by atoms with Crippen LogP contribution in [0, 0.1) is 24.6 Å². The fraction of sp³-hybridized carbons (Fsp3) is 0.409. The number of hydrogen-bond acceptors (Lipinski definition) is 7. The molecule has 0 radical (unpaired) electrons. The maximum Gasteiger partial charge on any atom is 0.341 e. The van der Waals surface area contributed by atoms with Crippen molar-refractivity contribution in [2.45, 2.75) is 38.9 Å². The van der Waals surface area contributed by atoms with Gasteiger partial charge in [-0.1, -0.05) is 12.1 Å². The normalized spacial score (nSPS) is 24.2. The zero-order chi connectivity index (χ0) is 22.3. The third-order valence-electron chi connectivity index (χ3n) is 5.78. The van der Waals surface area contributed by atoms with Gasteiger partial charge >= 0.3 is 5.97 Å². The van der Waals surface area contributed by atoms with Gasteiger partial charge in [0.2, 0.25) is 5.91 Å². The molecule has 7 nitrogen and oxygen atoms in total. The first-order chi connectivity index (χ1) is 14.8. The van der Waals surface area contributed by atoms with Crippen molar-refractivity contribution in [3.63, 3.8) is 0 Å². The quantitative estimate of drug-likeness (QED) is 0.684. The maximum absolute atomic E-state index is 13.4. The van der Waals surface area contributed by atoms with Crippen LogP contribution in [0.4, 0.5) is 9.39 Å². The Kier molecular flexibility index (Phi) is 5.81. The summed E-state index contributed by atoms with van der Waals surface area (Å²) in [4.78, 5) is 38.2. The summed E-state index contributed by atoms with van der Waals surface area (Å²) >= 11 is 1.18. The summed E-state index contributed by atoms with van der Waals surface area (Å²) in [6.07, 6.45) is 0.155. The highest BCUT2D eigenvalue weighted by molar-refractivity contribution is 7.17. The summed E-state index contributed by atoms with van der Waals surface area (Å²) in [5, 5.41) is 14.6. The van der Waals surface area contributed by atoms with Crippen LogP contribution in [-0.4, -0.2) is 36.7 Å². The number of amides is 1. The lowest BCUT2D eigenvalue weighted by Crippen LogP contribution is -2.46. The minimum Gasteiger partial charge on any atom is -0.550 e. The summed E-state index contributed by atoms with van der Waals surface area (Å²) in [6, 6.07) is 5.68. The highest BCUT2D eigenvalue weighted by Gasteiger charge is 2.53. The Morgan fingerprint density at radius 3 is 2.45 bits per heavy atom. The number of benzene rings is 1. The van der Waals surface area contributed by atoms with Gasteiger partial charge < -0.3 is 24.7 Å². The molecular formula is C22H21FNO6S-. The number of thiophene rings is 1. The van der Waals surface area contributed by atoms with Crippen molar-refractivity contribution in [2.24, 2.45) is 11.8 Å². The van der Waals surface area contributed by atoms with Crippen molar-refractivity contribution in [1.82, 2.24) is 0 Å². The molecule has 2 aliphatic rings. The molecule has 2 aliphatic heterocycles. The number of anilines is 1. The molecule has 2 saturated heterocycles. The number of carbonyl (C=O) groups excluding carboxylic acids is 3. The largest absolute Gasteiger partial charge is 0.550 e. The van der Waals surface area contributed by atoms with Crippen LogP contribution < -0.4 is 10.4 Å². The number of fused-ring (bicyclic) bond motifs is 2. The highest BCUT2D eigenvalue weighted by Crippen LogP contribution is 2.45. The van der Waals surface area contributed by atoms with Gasteiger partial charge in [-0.15, -0.1) is 11.3 Å². The lowest BCUT2D eigenvalue weighted by molar-refractivity contribution is -0.313. The summed E-state index contributed by atoms with van der Waals surface area (Å²) in [5.41, 5.74) is 1.31. The average Bonchev–Trinajstić information content (AvgIpc) is 3.41. The molecule has 1 amide bonds. The molecule has 0 unspecified atom stereocenters. The highest BCUT2D eigenvalue weighted by atomic mass is 32.1. The number of nitrogens with one attached hydrogen (secondary N) is 1. The van der Waals surface area contributed by atoms with E-state index in [1.807, 2.05) is 0 Å². The molecule has 2 bridgehead atoms. The molecule has 2 fully saturated rings. The lowest BCUT2D eigenvalue weighted by atomic mass is 9.78. The second-order valence-corrected chi connectivity index (χ2v) is 8.84. The minimum atomic E-state index is -1.31. The Labute approximate surface area is 182 Å². The van der Waals surface area contributed by atoms with Crippen LogP contribution in [0.15, 0.2) is 24.3 Å². The Morgan fingerprint density at radius 1 is 1.19 bits per heavy atom. The fourth-order valence-corrected chi connectivity index (χ4v) is 5.57. The van der Waals surface area contributed by atoms with Crippen molar-refractivity contribution in [3.8, 4) is 11.1 Å². The first kappa shape index (κ1) is 21.5. The van der Waals surface area contributed by atoms with Gasteiger partial charge in [0.05, 0.1) is 24.7 Å². The van der Waals surface area contributed by atoms with E-state index in [9.17, 15) is 23.9 Å². The zero-order valence-corrected chi connectivity index (χ0v) is 17.8. The molecule has 9 heteroatoms. The molecule has 31 heavy (non-hydrogen) atoms. The number of hydrogen-bond donors (Lipinski definition) is 1. The van der Waals surface area contributed by atoms with E-state index in [4.69, 9.17) is 9.47 Å². The van der Waals surface area contributed by atoms with Crippen LogP contribution in [0.5, 0.6) is 0 Å². The van der Waals surface area contributed by atoms with E-state index < -0.39 is 47.7 Å². The Morgan fingerprint density at radius 2 is 1.84 bits per heavy atom. The smallest absolute Gasteiger partial charge is 0.341 e. The number of aryl methyl sites for hydroxylation is 1. The Balaban J connectivity index is 1.70. The molecule has 164 valence electrons. The molecule has 1 N–H and O–H groups in total. The van der Waals surface area contributed by atoms with Crippen LogP contribution in [0.2, 0.25) is 0 Å². The van der Waals surface area contributed by atoms with E-state index in [0.29, 0.717) is 24.0 Å². The fourth-order valence-electron chi connectivity index (χ4n) is 4.50. The average molecular weight is 446 g/mol. The number of esters is 1. The van der Waals surface area contributed by atoms with E-state index in [1.54, 1.807) is 26.0 Å². The van der Waals surface area contributed by atoms with Crippen LogP contribution >= 0.6 is 11.3 Å². The summed E-state index contributed by atoms with van der Waals surface area (Å²) in [5.74, 6) is -4.79. The number of ether oxygens (including phenoxy) is 2. The van der Waals surface area contributed by atoms with Crippen LogP contribution in [-0.2, 0) is 19.1 Å². The number of aliphatic carboxylic acids is 1. The Hall–Kier alpha value is -2.78. The molecule has 4 atom stereocenters. The second kappa shape index (κ2) is 8.39. The number of rotatable bonds is 6. The number of halogens is 1. The first-order valence-electron chi connectivity index (χ1n) is 10.1. The van der Waals surface area contributed by atoms with E-state index in [2.05, 4.69) is 5.32 Å². The summed E-state index contributed by atoms with van der Waals surface area (Å²) in [7, 11) is 0. The molecule has 2 aromatic rings. The van der Waals surface area contributed by atoms with Gasteiger partial charge in [0.15, 0.2) is 0 Å². The van der Waals surface area contributed by atoms with Crippen LogP contribution in [0.1, 0.15) is 35.0 Å². The van der Waals surface area contributed by atoms with E-state index in [-0.39, 0.29) is 17.2 Å². The third kappa shape index (κ3) is 3.83. The molecule has 1 aromatic carbocycles. The van der Waals surface area contributed by atoms with Gasteiger partial charge in [0.25, 0.3) is 0 Å². The van der Waals surface area contributed by atoms with Gasteiger partial charge in [0, 0.05) is 22.3 Å². The molecule has 0 aliphatic carbocycles. The van der Waals surface area contributed by atoms with Crippen LogP contribution in [0.3, 0.4) is 0 Å². The number of carboxylic acid groups (broad SMARTS) is 1. The predicted octanol–water partition coefficient (Wildman–Crippen LogP) is 2.52. The summed E-state index contributed by atoms with van der Waals surface area (Å²) in [6.45, 7) is 3.59. The van der Waals surface area contributed by atoms with E-state index in [0.717, 1.165) is 4.88 Å².